The standard InChI is InChI=1S/C12H12N2O3S/c1-17-8-3-2-4-9-11(8)13-12(18-9)14-6-7(15)5-10(14)16/h2-4,7,15H,5-6H2,1H3. The lowest BCUT2D eigenvalue weighted by Gasteiger charge is -2.10. The fourth-order valence-electron chi connectivity index (χ4n) is 2.07. The molecule has 1 aromatic heterocycles. The summed E-state index contributed by atoms with van der Waals surface area (Å²) in [5, 5.41) is 10.1. The van der Waals surface area contributed by atoms with E-state index in [2.05, 4.69) is 4.98 Å². The molecular formula is C12H12N2O3S. The highest BCUT2D eigenvalue weighted by Gasteiger charge is 2.31. The summed E-state index contributed by atoms with van der Waals surface area (Å²) in [6.07, 6.45) is -0.418. The van der Waals surface area contributed by atoms with E-state index in [0.717, 1.165) is 10.2 Å². The van der Waals surface area contributed by atoms with Crippen molar-refractivity contribution in [3.8, 4) is 5.75 Å². The lowest BCUT2D eigenvalue weighted by molar-refractivity contribution is -0.117. The fourth-order valence-corrected chi connectivity index (χ4v) is 3.08. The van der Waals surface area contributed by atoms with Crippen molar-refractivity contribution in [3.05, 3.63) is 18.2 Å². The summed E-state index contributed by atoms with van der Waals surface area (Å²) in [6, 6.07) is 5.67. The van der Waals surface area contributed by atoms with Gasteiger partial charge in [0.2, 0.25) is 5.91 Å². The van der Waals surface area contributed by atoms with Gasteiger partial charge in [-0.3, -0.25) is 9.69 Å². The topological polar surface area (TPSA) is 62.7 Å². The van der Waals surface area contributed by atoms with Crippen LogP contribution in [0.4, 0.5) is 5.13 Å². The molecule has 0 spiro atoms. The number of thiazole rings is 1. The summed E-state index contributed by atoms with van der Waals surface area (Å²) in [5.41, 5.74) is 0.759. The SMILES string of the molecule is COc1cccc2sc(N3CC(O)CC3=O)nc12. The number of aromatic nitrogens is 1. The predicted molar refractivity (Wildman–Crippen MR) is 69.1 cm³/mol. The van der Waals surface area contributed by atoms with E-state index in [4.69, 9.17) is 4.74 Å². The van der Waals surface area contributed by atoms with Crippen LogP contribution in [0.2, 0.25) is 0 Å². The summed E-state index contributed by atoms with van der Waals surface area (Å²) >= 11 is 1.43. The van der Waals surface area contributed by atoms with E-state index in [1.165, 1.54) is 16.2 Å². The minimum absolute atomic E-state index is 0.0828. The minimum atomic E-state index is -0.591. The van der Waals surface area contributed by atoms with Gasteiger partial charge in [-0.15, -0.1) is 0 Å². The lowest BCUT2D eigenvalue weighted by Crippen LogP contribution is -2.24. The maximum Gasteiger partial charge on any atom is 0.231 e. The van der Waals surface area contributed by atoms with Crippen molar-refractivity contribution in [3.63, 3.8) is 0 Å². The van der Waals surface area contributed by atoms with Gasteiger partial charge in [0, 0.05) is 0 Å². The minimum Gasteiger partial charge on any atom is -0.494 e. The molecule has 1 N–H and O–H groups in total. The molecule has 94 valence electrons. The molecule has 1 amide bonds. The number of rotatable bonds is 2. The summed E-state index contributed by atoms with van der Waals surface area (Å²) < 4.78 is 6.21. The Morgan fingerprint density at radius 3 is 3.06 bits per heavy atom. The van der Waals surface area contributed by atoms with Gasteiger partial charge in [-0.25, -0.2) is 4.98 Å². The van der Waals surface area contributed by atoms with Crippen LogP contribution >= 0.6 is 11.3 Å². The Bertz CT molecular complexity index is 610. The largest absolute Gasteiger partial charge is 0.494 e. The first kappa shape index (κ1) is 11.4. The van der Waals surface area contributed by atoms with Crippen molar-refractivity contribution in [2.75, 3.05) is 18.6 Å². The van der Waals surface area contributed by atoms with Gasteiger partial charge in [-0.2, -0.15) is 0 Å². The average Bonchev–Trinajstić information content (AvgIpc) is 2.91. The molecule has 1 fully saturated rings. The van der Waals surface area contributed by atoms with Crippen LogP contribution in [0.5, 0.6) is 5.75 Å². The molecule has 1 aliphatic heterocycles. The first-order valence-electron chi connectivity index (χ1n) is 5.61. The molecule has 2 heterocycles. The third-order valence-electron chi connectivity index (χ3n) is 2.93. The number of aliphatic hydroxyl groups excluding tert-OH is 1. The molecule has 18 heavy (non-hydrogen) atoms. The Labute approximate surface area is 108 Å². The van der Waals surface area contributed by atoms with Crippen molar-refractivity contribution >= 4 is 32.6 Å². The Morgan fingerprint density at radius 1 is 1.56 bits per heavy atom. The summed E-state index contributed by atoms with van der Waals surface area (Å²) in [6.45, 7) is 0.320. The van der Waals surface area contributed by atoms with E-state index >= 15 is 0 Å². The fraction of sp³-hybridized carbons (Fsp3) is 0.333. The maximum atomic E-state index is 11.7. The number of fused-ring (bicyclic) bond motifs is 1. The molecule has 1 atom stereocenters. The van der Waals surface area contributed by atoms with Gasteiger partial charge in [-0.1, -0.05) is 17.4 Å². The van der Waals surface area contributed by atoms with Gasteiger partial charge in [0.1, 0.15) is 11.3 Å². The zero-order valence-electron chi connectivity index (χ0n) is 9.79. The lowest BCUT2D eigenvalue weighted by atomic mass is 10.3. The first-order valence-corrected chi connectivity index (χ1v) is 6.42. The third kappa shape index (κ3) is 1.74. The number of hydrogen-bond acceptors (Lipinski definition) is 5. The van der Waals surface area contributed by atoms with E-state index < -0.39 is 6.10 Å². The molecule has 6 heteroatoms. The molecule has 1 unspecified atom stereocenters. The van der Waals surface area contributed by atoms with Gasteiger partial charge in [0.15, 0.2) is 5.13 Å². The second-order valence-corrected chi connectivity index (χ2v) is 5.17. The number of β-amino-alcohol motifs (C(OH)–C–C–N with tert-alkyl or cyclic N) is 1. The summed E-state index contributed by atoms with van der Waals surface area (Å²) in [7, 11) is 1.60. The van der Waals surface area contributed by atoms with Crippen LogP contribution in [0.15, 0.2) is 18.2 Å². The van der Waals surface area contributed by atoms with Crippen molar-refractivity contribution < 1.29 is 14.6 Å². The Kier molecular flexibility index (Phi) is 2.68. The number of carbonyl (C=O) groups excluding carboxylic acids is 1. The number of carbonyl (C=O) groups is 1. The van der Waals surface area contributed by atoms with Gasteiger partial charge in [0.25, 0.3) is 0 Å². The Morgan fingerprint density at radius 2 is 2.39 bits per heavy atom. The number of nitrogens with zero attached hydrogens (tertiary/aromatic N) is 2. The van der Waals surface area contributed by atoms with E-state index in [0.29, 0.717) is 17.4 Å². The molecule has 0 aliphatic carbocycles. The molecular weight excluding hydrogens is 252 g/mol. The number of amides is 1. The number of para-hydroxylation sites is 1. The number of aliphatic hydroxyl groups is 1. The van der Waals surface area contributed by atoms with Crippen LogP contribution in [-0.2, 0) is 4.79 Å². The van der Waals surface area contributed by atoms with Crippen LogP contribution in [0.3, 0.4) is 0 Å². The molecule has 1 saturated heterocycles. The molecule has 3 rings (SSSR count). The number of anilines is 1. The second kappa shape index (κ2) is 4.22. The van der Waals surface area contributed by atoms with Gasteiger partial charge in [-0.05, 0) is 12.1 Å². The smallest absolute Gasteiger partial charge is 0.231 e. The van der Waals surface area contributed by atoms with Crippen LogP contribution < -0.4 is 9.64 Å². The number of benzene rings is 1. The predicted octanol–water partition coefficient (Wildman–Crippen LogP) is 1.40. The van der Waals surface area contributed by atoms with Crippen molar-refractivity contribution in [1.29, 1.82) is 0 Å². The Hall–Kier alpha value is -1.66. The molecule has 0 saturated carbocycles. The van der Waals surface area contributed by atoms with Crippen LogP contribution in [0, 0.1) is 0 Å². The van der Waals surface area contributed by atoms with Gasteiger partial charge >= 0.3 is 0 Å². The number of hydrogen-bond donors (Lipinski definition) is 1. The number of methoxy groups -OCH3 is 1. The van der Waals surface area contributed by atoms with Crippen LogP contribution in [0.25, 0.3) is 10.2 Å². The van der Waals surface area contributed by atoms with E-state index in [9.17, 15) is 9.90 Å². The monoisotopic (exact) mass is 264 g/mol. The van der Waals surface area contributed by atoms with Crippen LogP contribution in [0.1, 0.15) is 6.42 Å². The molecule has 0 bridgehead atoms. The van der Waals surface area contributed by atoms with E-state index in [-0.39, 0.29) is 12.3 Å². The molecule has 2 aromatic rings. The van der Waals surface area contributed by atoms with Crippen molar-refractivity contribution in [2.45, 2.75) is 12.5 Å². The van der Waals surface area contributed by atoms with Crippen molar-refractivity contribution in [1.82, 2.24) is 4.98 Å². The molecule has 1 aliphatic rings. The van der Waals surface area contributed by atoms with E-state index in [1.54, 1.807) is 7.11 Å². The third-order valence-corrected chi connectivity index (χ3v) is 3.97. The summed E-state index contributed by atoms with van der Waals surface area (Å²) in [5.74, 6) is 0.614. The highest BCUT2D eigenvalue weighted by Crippen LogP contribution is 2.35. The second-order valence-electron chi connectivity index (χ2n) is 4.17. The highest BCUT2D eigenvalue weighted by atomic mass is 32.1. The average molecular weight is 264 g/mol. The normalized spacial score (nSPS) is 19.8. The Balaban J connectivity index is 2.06. The summed E-state index contributed by atoms with van der Waals surface area (Å²) in [4.78, 5) is 17.7. The molecule has 0 radical (unpaired) electrons. The van der Waals surface area contributed by atoms with Gasteiger partial charge in [0.05, 0.1) is 30.9 Å². The number of ether oxygens (including phenoxy) is 1. The highest BCUT2D eigenvalue weighted by molar-refractivity contribution is 7.22. The molecule has 1 aromatic carbocycles. The zero-order valence-corrected chi connectivity index (χ0v) is 10.6. The molecule has 5 nitrogen and oxygen atoms in total. The maximum absolute atomic E-state index is 11.7. The quantitative estimate of drug-likeness (QED) is 0.890. The zero-order chi connectivity index (χ0) is 12.7. The van der Waals surface area contributed by atoms with Crippen LogP contribution in [-0.4, -0.2) is 35.8 Å². The van der Waals surface area contributed by atoms with Gasteiger partial charge < -0.3 is 9.84 Å². The van der Waals surface area contributed by atoms with E-state index in [1.807, 2.05) is 18.2 Å². The van der Waals surface area contributed by atoms with Crippen molar-refractivity contribution in [2.24, 2.45) is 0 Å². The first-order chi connectivity index (χ1) is 8.69.